The number of fused-ring (bicyclic) bond motifs is 12. The molecule has 13 atom stereocenters. The van der Waals surface area contributed by atoms with Gasteiger partial charge in [-0.3, -0.25) is 4.79 Å². The van der Waals surface area contributed by atoms with E-state index in [0.717, 1.165) is 18.2 Å². The fourth-order valence-corrected chi connectivity index (χ4v) is 16.1. The van der Waals surface area contributed by atoms with E-state index >= 15 is 14.4 Å². The number of rotatable bonds is 10. The summed E-state index contributed by atoms with van der Waals surface area (Å²) < 4.78 is 51.5. The first-order valence-electron chi connectivity index (χ1n) is 37.8. The van der Waals surface area contributed by atoms with E-state index in [1.807, 2.05) is 0 Å². The number of cyclic esters (lactones) is 3. The number of ketones is 1. The zero-order valence-electron chi connectivity index (χ0n) is 65.6. The molecule has 0 saturated carbocycles. The quantitative estimate of drug-likeness (QED) is 0.0307. The van der Waals surface area contributed by atoms with Gasteiger partial charge in [-0.2, -0.15) is 9.78 Å². The van der Waals surface area contributed by atoms with Crippen LogP contribution >= 0.6 is 0 Å². The van der Waals surface area contributed by atoms with Crippen molar-refractivity contribution in [3.05, 3.63) is 140 Å². The van der Waals surface area contributed by atoms with Gasteiger partial charge in [-0.05, 0) is 60.2 Å². The third-order valence-electron chi connectivity index (χ3n) is 22.6. The summed E-state index contributed by atoms with van der Waals surface area (Å²) in [5, 5.41) is 366. The first kappa shape index (κ1) is 89.0. The first-order chi connectivity index (χ1) is 62.6. The standard InChI is InChI=1S/C83H62O50/c84-26-2-1-16(3-27(26)85)68-37(95)6-18-39(124-68)14-28(86)47(49(18)97)65(113)71-70(48-38(96)15-123-77(117)20-8-32(90)55(103)62(110)45(20)46-25(83(48)132-133-83)13-36(94)56(104)64(46)112)126-78(118)22-10-34(92)54(102)61(109)43(22)44-23(80(120)127-71)12-40(58(106)63(44)111)125-69-24(11-35(93)57(105)67(69)115)81(121)131-75-74(129-76(116)17-4-29(87)51(99)30(88)5-17)73-72(128-82(75)122)66(114)50(98)19-7-31(89)52(100)59(107)41(19)42-21(79(119)130-73)9-33(91)53(101)60(42)108/h1-5,7-14,37-38,48,65-66,68,70-75,82,84-97,99-115,122H,6,15H2/t37-,38?,48+,65?,66?,68?,70?,71-,72?,73+,74+,75+,82?/m1/s1. The van der Waals surface area contributed by atoms with E-state index in [4.69, 9.17) is 52.4 Å². The Balaban J connectivity index is 0.860. The maximum Gasteiger partial charge on any atom is 0.342 e. The molecule has 50 heteroatoms. The van der Waals surface area contributed by atoms with Crippen molar-refractivity contribution < 1.29 is 249 Å². The summed E-state index contributed by atoms with van der Waals surface area (Å²) in [6, 6.07) is 6.04. The lowest BCUT2D eigenvalue weighted by Gasteiger charge is -2.44. The number of aromatic hydroxyl groups is 27. The second-order valence-electron chi connectivity index (χ2n) is 30.3. The Morgan fingerprint density at radius 2 is 0.850 bits per heavy atom. The Morgan fingerprint density at radius 1 is 0.391 bits per heavy atom. The summed E-state index contributed by atoms with van der Waals surface area (Å²) in [5.74, 6) is -65.7. The van der Waals surface area contributed by atoms with Crippen LogP contribution in [0.2, 0.25) is 0 Å². The molecule has 6 aliphatic rings. The van der Waals surface area contributed by atoms with Crippen molar-refractivity contribution in [2.24, 2.45) is 5.92 Å². The SMILES string of the molecule is O=C(O[C@@H]1[C@H](OC(=O)c2cc(O)c(O)c(O)c2Oc2cc3c(c(O)c2O)-c2c(cc(O)c(O)c2O)C(=O)OC([C@@H]2C(O)COC(=O)c4cc(O)c(O)c(O)c4-c4c(cc(O)c(O)c4O)C24OO4)[C@@H](C(O)c2c(O)cc4c(c2O)C[C@@H](O)C(c2ccc(O)c(O)c2)O4)OC3=O)C(O)OC2C(O)C(=O)c3cc(O)c(O)c(O)c3-c3c(cc(O)c(O)c3O)C(=O)O[C@@H]21)c1cc(O)c(O)c(O)c1. The third-order valence-corrected chi connectivity index (χ3v) is 22.6. The number of carbonyl (C=O) groups excluding carboxylic acids is 7. The van der Waals surface area contributed by atoms with E-state index in [-0.39, 0.29) is 35.9 Å². The first-order valence-corrected chi connectivity index (χ1v) is 37.8. The van der Waals surface area contributed by atoms with Crippen molar-refractivity contribution in [2.45, 2.75) is 85.6 Å². The van der Waals surface area contributed by atoms with Crippen LogP contribution in [0.1, 0.15) is 107 Å². The molecule has 0 amide bonds. The molecule has 0 aromatic heterocycles. The minimum atomic E-state index is -3.37. The van der Waals surface area contributed by atoms with Crippen LogP contribution in [0.25, 0.3) is 33.4 Å². The van der Waals surface area contributed by atoms with Crippen LogP contribution in [-0.2, 0) is 55.1 Å². The molecular formula is C83H62O50. The highest BCUT2D eigenvalue weighted by molar-refractivity contribution is 6.13. The van der Waals surface area contributed by atoms with Crippen molar-refractivity contribution >= 4 is 41.6 Å². The molecule has 10 aromatic rings. The number of phenols is 27. The lowest BCUT2D eigenvalue weighted by Crippen LogP contribution is -2.65. The van der Waals surface area contributed by atoms with E-state index in [9.17, 15) is 183 Å². The molecule has 0 aliphatic carbocycles. The Morgan fingerprint density at radius 3 is 1.40 bits per heavy atom. The van der Waals surface area contributed by atoms with Crippen molar-refractivity contribution in [2.75, 3.05) is 6.61 Å². The Kier molecular flexibility index (Phi) is 21.3. The number of benzene rings is 10. The van der Waals surface area contributed by atoms with Crippen LogP contribution in [0.5, 0.6) is 172 Å². The molecule has 32 N–H and O–H groups in total. The van der Waals surface area contributed by atoms with Gasteiger partial charge in [-0.25, -0.2) is 28.8 Å². The van der Waals surface area contributed by atoms with Crippen LogP contribution in [0, 0.1) is 5.92 Å². The average Bonchev–Trinajstić information content (AvgIpc) is 1.55. The smallest absolute Gasteiger partial charge is 0.342 e. The topological polar surface area (TPSA) is 875 Å². The number of carbonyl (C=O) groups is 7. The van der Waals surface area contributed by atoms with Gasteiger partial charge in [-0.15, -0.1) is 0 Å². The van der Waals surface area contributed by atoms with Crippen LogP contribution in [0.3, 0.4) is 0 Å². The van der Waals surface area contributed by atoms with Gasteiger partial charge in [0.1, 0.15) is 59.9 Å². The van der Waals surface area contributed by atoms with E-state index in [1.54, 1.807) is 0 Å². The summed E-state index contributed by atoms with van der Waals surface area (Å²) >= 11 is 0. The maximum atomic E-state index is 16.2. The predicted molar refractivity (Wildman–Crippen MR) is 415 cm³/mol. The molecule has 2 fully saturated rings. The van der Waals surface area contributed by atoms with Gasteiger partial charge in [0.15, 0.2) is 152 Å². The highest BCUT2D eigenvalue weighted by Gasteiger charge is 2.68. The molecule has 694 valence electrons. The van der Waals surface area contributed by atoms with E-state index < -0.39 is 401 Å². The molecule has 16 rings (SSSR count). The summed E-state index contributed by atoms with van der Waals surface area (Å²) in [4.78, 5) is 117. The predicted octanol–water partition coefficient (Wildman–Crippen LogP) is 2.58. The Labute approximate surface area is 732 Å². The Bertz CT molecular complexity index is 6750. The van der Waals surface area contributed by atoms with Crippen LogP contribution in [0.4, 0.5) is 0 Å². The minimum absolute atomic E-state index is 0.0619. The van der Waals surface area contributed by atoms with E-state index in [1.165, 1.54) is 0 Å². The van der Waals surface area contributed by atoms with Crippen molar-refractivity contribution in [3.63, 3.8) is 0 Å². The summed E-state index contributed by atoms with van der Waals surface area (Å²) in [6.45, 7) is -1.62. The lowest BCUT2D eigenvalue weighted by atomic mass is 9.76. The van der Waals surface area contributed by atoms with Crippen molar-refractivity contribution in [3.8, 4) is 206 Å². The number of phenolic OH excluding ortho intramolecular Hbond substituents is 27. The molecular weight excluding hydrogens is 1800 g/mol. The molecule has 6 heterocycles. The lowest BCUT2D eigenvalue weighted by molar-refractivity contribution is -0.290. The molecule has 0 radical (unpaired) electrons. The van der Waals surface area contributed by atoms with Crippen LogP contribution < -0.4 is 9.47 Å². The van der Waals surface area contributed by atoms with Gasteiger partial charge in [0.05, 0.1) is 45.4 Å². The van der Waals surface area contributed by atoms with Gasteiger partial charge in [-0.1, -0.05) is 6.07 Å². The van der Waals surface area contributed by atoms with Crippen molar-refractivity contribution in [1.82, 2.24) is 0 Å². The molecule has 2 saturated heterocycles. The average molecular weight is 1860 g/mol. The minimum Gasteiger partial charge on any atom is -0.507 e. The monoisotopic (exact) mass is 1860 g/mol. The second kappa shape index (κ2) is 31.8. The molecule has 50 nitrogen and oxygen atoms in total. The van der Waals surface area contributed by atoms with Crippen LogP contribution in [0.15, 0.2) is 78.9 Å². The maximum absolute atomic E-state index is 16.2. The van der Waals surface area contributed by atoms with Gasteiger partial charge in [0.25, 0.3) is 5.79 Å². The number of Topliss-reactive ketones (excluding diaryl/α,β-unsaturated/α-hetero) is 1. The summed E-state index contributed by atoms with van der Waals surface area (Å²) in [5.41, 5.74) is -20.7. The van der Waals surface area contributed by atoms with Crippen molar-refractivity contribution in [1.29, 1.82) is 0 Å². The summed E-state index contributed by atoms with van der Waals surface area (Å²) in [7, 11) is 0. The molecule has 10 aromatic carbocycles. The normalized spacial score (nSPS) is 21.9. The second-order valence-corrected chi connectivity index (χ2v) is 30.3. The van der Waals surface area contributed by atoms with E-state index in [2.05, 4.69) is 0 Å². The van der Waals surface area contributed by atoms with Gasteiger partial charge < -0.3 is 206 Å². The zero-order valence-corrected chi connectivity index (χ0v) is 65.6. The molecule has 6 aliphatic heterocycles. The molecule has 7 unspecified atom stereocenters. The fraction of sp³-hybridized carbons (Fsp3) is 0.193. The van der Waals surface area contributed by atoms with E-state index in [0.29, 0.717) is 30.3 Å². The van der Waals surface area contributed by atoms with Gasteiger partial charge >= 0.3 is 35.8 Å². The zero-order chi connectivity index (χ0) is 96.6. The molecule has 1 spiro atoms. The molecule has 133 heavy (non-hydrogen) atoms. The number of hydrogen-bond donors (Lipinski definition) is 32. The summed E-state index contributed by atoms with van der Waals surface area (Å²) in [6.07, 6.45) is -35.0. The number of aliphatic hydroxyl groups excluding tert-OH is 5. The highest BCUT2D eigenvalue weighted by Crippen LogP contribution is 2.65. The number of ether oxygens (including phenoxy) is 9. The fourth-order valence-electron chi connectivity index (χ4n) is 16.1. The number of esters is 6. The van der Waals surface area contributed by atoms with Gasteiger partial charge in [0, 0.05) is 74.7 Å². The third kappa shape index (κ3) is 14.0. The number of hydrogen-bond acceptors (Lipinski definition) is 50. The highest BCUT2D eigenvalue weighted by atomic mass is 17.4. The van der Waals surface area contributed by atoms with Crippen LogP contribution in [-0.4, -0.2) is 273 Å². The van der Waals surface area contributed by atoms with Gasteiger partial charge in [0.2, 0.25) is 46.0 Å². The number of aliphatic hydroxyl groups is 5. The Hall–Kier alpha value is -17.4. The molecule has 0 bridgehead atoms. The largest absolute Gasteiger partial charge is 0.507 e.